The van der Waals surface area contributed by atoms with Crippen LogP contribution >= 0.6 is 0 Å². The van der Waals surface area contributed by atoms with Crippen molar-refractivity contribution in [2.75, 3.05) is 19.6 Å². The fourth-order valence-corrected chi connectivity index (χ4v) is 3.83. The van der Waals surface area contributed by atoms with Crippen LogP contribution in [0.15, 0.2) is 39.8 Å². The van der Waals surface area contributed by atoms with Gasteiger partial charge in [0.25, 0.3) is 5.56 Å². The first-order valence-corrected chi connectivity index (χ1v) is 9.56. The second kappa shape index (κ2) is 7.52. The summed E-state index contributed by atoms with van der Waals surface area (Å²) in [7, 11) is 0. The predicted octanol–water partition coefficient (Wildman–Crippen LogP) is 2.13. The van der Waals surface area contributed by atoms with Crippen LogP contribution in [0.25, 0.3) is 22.1 Å². The molecule has 4 rings (SSSR count). The zero-order chi connectivity index (χ0) is 18.8. The number of aromatic nitrogens is 2. The maximum atomic E-state index is 12.9. The van der Waals surface area contributed by atoms with E-state index in [0.717, 1.165) is 37.7 Å². The highest BCUT2D eigenvalue weighted by molar-refractivity contribution is 6.01. The molecule has 0 spiro atoms. The van der Waals surface area contributed by atoms with E-state index in [1.165, 1.54) is 10.9 Å². The lowest BCUT2D eigenvalue weighted by Gasteiger charge is -2.34. The van der Waals surface area contributed by atoms with Gasteiger partial charge >= 0.3 is 0 Å². The smallest absolute Gasteiger partial charge is 0.297 e. The monoisotopic (exact) mass is 368 g/mol. The number of amides is 1. The summed E-state index contributed by atoms with van der Waals surface area (Å²) in [6.07, 6.45) is 4.24. The van der Waals surface area contributed by atoms with Gasteiger partial charge in [-0.15, -0.1) is 0 Å². The molecular formula is C20H24N4O3. The lowest BCUT2D eigenvalue weighted by molar-refractivity contribution is -0.134. The van der Waals surface area contributed by atoms with Crippen LogP contribution in [0.3, 0.4) is 0 Å². The molecular weight excluding hydrogens is 344 g/mol. The Kier molecular flexibility index (Phi) is 4.94. The maximum absolute atomic E-state index is 12.9. The van der Waals surface area contributed by atoms with Gasteiger partial charge < -0.3 is 14.6 Å². The minimum atomic E-state index is -0.314. The molecule has 1 saturated heterocycles. The lowest BCUT2D eigenvalue weighted by atomic mass is 10.0. The largest absolute Gasteiger partial charge is 0.448 e. The van der Waals surface area contributed by atoms with Crippen molar-refractivity contribution in [1.82, 2.24) is 19.8 Å². The highest BCUT2D eigenvalue weighted by Crippen LogP contribution is 2.24. The number of furan rings is 1. The Hall–Kier alpha value is -2.67. The second-order valence-electron chi connectivity index (χ2n) is 7.02. The van der Waals surface area contributed by atoms with E-state index >= 15 is 0 Å². The Balaban J connectivity index is 1.63. The van der Waals surface area contributed by atoms with Gasteiger partial charge in [-0.25, -0.2) is 4.98 Å². The van der Waals surface area contributed by atoms with E-state index in [-0.39, 0.29) is 29.6 Å². The van der Waals surface area contributed by atoms with Crippen LogP contribution in [-0.4, -0.2) is 46.0 Å². The van der Waals surface area contributed by atoms with Crippen LogP contribution < -0.4 is 10.9 Å². The molecule has 7 heteroatoms. The molecule has 0 unspecified atom stereocenters. The number of nitrogens with one attached hydrogen (secondary N) is 1. The average molecular weight is 368 g/mol. The SMILES string of the molecule is CCCN(C(=O)Cn1cnc2c(oc3ccccc32)c1=O)C1CCNCC1. The summed E-state index contributed by atoms with van der Waals surface area (Å²) >= 11 is 0. The summed E-state index contributed by atoms with van der Waals surface area (Å²) in [4.78, 5) is 32.1. The molecule has 0 bridgehead atoms. The number of hydrogen-bond acceptors (Lipinski definition) is 5. The molecule has 1 N–H and O–H groups in total. The molecule has 1 aliphatic heterocycles. The normalized spacial score (nSPS) is 15.4. The molecule has 0 aliphatic carbocycles. The predicted molar refractivity (Wildman–Crippen MR) is 104 cm³/mol. The molecule has 1 amide bonds. The van der Waals surface area contributed by atoms with Gasteiger partial charge in [0.2, 0.25) is 11.5 Å². The Morgan fingerprint density at radius 1 is 1.33 bits per heavy atom. The van der Waals surface area contributed by atoms with E-state index in [1.54, 1.807) is 0 Å². The second-order valence-corrected chi connectivity index (χ2v) is 7.02. The standard InChI is InChI=1S/C20H24N4O3/c1-2-11-24(14-7-9-21-10-8-14)17(25)12-23-13-22-18-15-5-3-4-6-16(15)27-19(18)20(23)26/h3-6,13-14,21H,2,7-12H2,1H3. The first-order chi connectivity index (χ1) is 13.2. The number of para-hydroxylation sites is 1. The summed E-state index contributed by atoms with van der Waals surface area (Å²) in [5.74, 6) is -0.0388. The molecule has 27 heavy (non-hydrogen) atoms. The molecule has 1 aromatic carbocycles. The van der Waals surface area contributed by atoms with E-state index < -0.39 is 0 Å². The Labute approximate surface area is 157 Å². The molecule has 1 aliphatic rings. The highest BCUT2D eigenvalue weighted by Gasteiger charge is 2.25. The van der Waals surface area contributed by atoms with Gasteiger partial charge in [-0.2, -0.15) is 0 Å². The van der Waals surface area contributed by atoms with Crippen molar-refractivity contribution in [3.8, 4) is 0 Å². The summed E-state index contributed by atoms with van der Waals surface area (Å²) in [5, 5.41) is 4.14. The van der Waals surface area contributed by atoms with Gasteiger partial charge in [0.15, 0.2) is 0 Å². The van der Waals surface area contributed by atoms with Gasteiger partial charge in [-0.1, -0.05) is 19.1 Å². The summed E-state index contributed by atoms with van der Waals surface area (Å²) < 4.78 is 7.06. The summed E-state index contributed by atoms with van der Waals surface area (Å²) in [6, 6.07) is 7.66. The molecule has 2 aromatic heterocycles. The molecule has 0 saturated carbocycles. The summed E-state index contributed by atoms with van der Waals surface area (Å²) in [5.41, 5.74) is 1.06. The van der Waals surface area contributed by atoms with Crippen molar-refractivity contribution in [2.24, 2.45) is 0 Å². The minimum Gasteiger partial charge on any atom is -0.448 e. The molecule has 0 radical (unpaired) electrons. The van der Waals surface area contributed by atoms with Crippen molar-refractivity contribution in [1.29, 1.82) is 0 Å². The first kappa shape index (κ1) is 17.7. The number of fused-ring (bicyclic) bond motifs is 3. The van der Waals surface area contributed by atoms with Crippen molar-refractivity contribution in [3.05, 3.63) is 40.9 Å². The molecule has 3 aromatic rings. The topological polar surface area (TPSA) is 80.4 Å². The third-order valence-electron chi connectivity index (χ3n) is 5.19. The fraction of sp³-hybridized carbons (Fsp3) is 0.450. The van der Waals surface area contributed by atoms with Crippen LogP contribution in [0.4, 0.5) is 0 Å². The maximum Gasteiger partial charge on any atom is 0.297 e. The molecule has 7 nitrogen and oxygen atoms in total. The third kappa shape index (κ3) is 3.35. The molecule has 1 fully saturated rings. The van der Waals surface area contributed by atoms with Crippen molar-refractivity contribution in [3.63, 3.8) is 0 Å². The molecule has 0 atom stereocenters. The van der Waals surface area contributed by atoms with Gasteiger partial charge in [-0.05, 0) is 44.5 Å². The Morgan fingerprint density at radius 2 is 2.11 bits per heavy atom. The Morgan fingerprint density at radius 3 is 2.89 bits per heavy atom. The van der Waals surface area contributed by atoms with Gasteiger partial charge in [0.1, 0.15) is 17.6 Å². The number of benzene rings is 1. The Bertz CT molecular complexity index is 1020. The summed E-state index contributed by atoms with van der Waals surface area (Å²) in [6.45, 7) is 4.60. The third-order valence-corrected chi connectivity index (χ3v) is 5.19. The fourth-order valence-electron chi connectivity index (χ4n) is 3.83. The van der Waals surface area contributed by atoms with Gasteiger partial charge in [-0.3, -0.25) is 14.2 Å². The van der Waals surface area contributed by atoms with Crippen molar-refractivity contribution >= 4 is 28.0 Å². The highest BCUT2D eigenvalue weighted by atomic mass is 16.3. The molecule has 3 heterocycles. The lowest BCUT2D eigenvalue weighted by Crippen LogP contribution is -2.48. The quantitative estimate of drug-likeness (QED) is 0.746. The average Bonchev–Trinajstić information content (AvgIpc) is 3.08. The van der Waals surface area contributed by atoms with Crippen LogP contribution in [0.5, 0.6) is 0 Å². The van der Waals surface area contributed by atoms with E-state index in [9.17, 15) is 9.59 Å². The number of carbonyl (C=O) groups is 1. The van der Waals surface area contributed by atoms with Crippen LogP contribution in [0, 0.1) is 0 Å². The number of nitrogens with zero attached hydrogens (tertiary/aromatic N) is 3. The van der Waals surface area contributed by atoms with Gasteiger partial charge in [0, 0.05) is 18.0 Å². The van der Waals surface area contributed by atoms with Crippen LogP contribution in [0.1, 0.15) is 26.2 Å². The van der Waals surface area contributed by atoms with Crippen molar-refractivity contribution < 1.29 is 9.21 Å². The van der Waals surface area contributed by atoms with Gasteiger partial charge in [0.05, 0.1) is 6.33 Å². The zero-order valence-corrected chi connectivity index (χ0v) is 15.5. The van der Waals surface area contributed by atoms with Crippen LogP contribution in [0.2, 0.25) is 0 Å². The number of carbonyl (C=O) groups excluding carboxylic acids is 1. The van der Waals surface area contributed by atoms with Crippen molar-refractivity contribution in [2.45, 2.75) is 38.8 Å². The number of hydrogen-bond donors (Lipinski definition) is 1. The van der Waals surface area contributed by atoms with Crippen LogP contribution in [-0.2, 0) is 11.3 Å². The first-order valence-electron chi connectivity index (χ1n) is 9.56. The minimum absolute atomic E-state index is 0.0112. The van der Waals surface area contributed by atoms with E-state index in [2.05, 4.69) is 17.2 Å². The van der Waals surface area contributed by atoms with E-state index in [1.807, 2.05) is 29.2 Å². The molecule has 142 valence electrons. The van der Waals surface area contributed by atoms with E-state index in [0.29, 0.717) is 17.6 Å². The zero-order valence-electron chi connectivity index (χ0n) is 15.5. The number of rotatable bonds is 5. The van der Waals surface area contributed by atoms with E-state index in [4.69, 9.17) is 4.42 Å². The number of piperidine rings is 1.